The molecule has 0 heterocycles. The minimum Gasteiger partial charge on any atom is -0.393 e. The summed E-state index contributed by atoms with van der Waals surface area (Å²) >= 11 is 0. The summed E-state index contributed by atoms with van der Waals surface area (Å²) in [5.41, 5.74) is 3.43. The normalized spacial score (nSPS) is 31.5. The maximum Gasteiger partial charge on any atom is 0.697 e. The number of fused-ring (bicyclic) bond motifs is 1. The first-order valence-electron chi connectivity index (χ1n) is 18.3. The van der Waals surface area contributed by atoms with Crippen LogP contribution < -0.4 is 0 Å². The van der Waals surface area contributed by atoms with Crippen molar-refractivity contribution < 1.29 is 37.4 Å². The summed E-state index contributed by atoms with van der Waals surface area (Å²) in [6.07, 6.45) is 17.3. The van der Waals surface area contributed by atoms with Gasteiger partial charge in [0.15, 0.2) is 0 Å². The highest BCUT2D eigenvalue weighted by atomic mass is 31.1. The Labute approximate surface area is 292 Å². The van der Waals surface area contributed by atoms with Crippen molar-refractivity contribution >= 4 is 16.5 Å². The van der Waals surface area contributed by atoms with E-state index in [4.69, 9.17) is 18.1 Å². The van der Waals surface area contributed by atoms with Crippen molar-refractivity contribution in [2.45, 2.75) is 163 Å². The van der Waals surface area contributed by atoms with Crippen LogP contribution in [0.4, 0.5) is 0 Å². The first kappa shape index (κ1) is 41.3. The topological polar surface area (TPSA) is 112 Å². The molecule has 0 radical (unpaired) electrons. The van der Waals surface area contributed by atoms with E-state index in [1.807, 2.05) is 41.5 Å². The molecule has 10 heteroatoms. The minimum atomic E-state index is -2.15. The highest BCUT2D eigenvalue weighted by Crippen LogP contribution is 2.59. The molecule has 0 aromatic carbocycles. The van der Waals surface area contributed by atoms with Crippen LogP contribution in [0.2, 0.25) is 0 Å². The van der Waals surface area contributed by atoms with Gasteiger partial charge in [-0.15, -0.1) is 18.1 Å². The molecule has 3 saturated carbocycles. The SMILES string of the molecule is C=C1/C(=C\C=C2/CCC[C@@]3(C)C2CC[C@@H]3[C@H](C)/C=C/C(CCC(C)O[P+](=O)OC(C)C)CCC(C)O[P+](=O)OC(C)C)C[C@@H](O)C[C@@H]1O. The Hall–Kier alpha value is -1.08. The van der Waals surface area contributed by atoms with E-state index in [-0.39, 0.29) is 35.7 Å². The van der Waals surface area contributed by atoms with E-state index in [9.17, 15) is 19.3 Å². The first-order valence-corrected chi connectivity index (χ1v) is 20.5. The lowest BCUT2D eigenvalue weighted by molar-refractivity contribution is 0.0862. The fourth-order valence-electron chi connectivity index (χ4n) is 8.10. The number of aliphatic hydroxyl groups excluding tert-OH is 2. The van der Waals surface area contributed by atoms with Gasteiger partial charge in [0.2, 0.25) is 0 Å². The molecule has 3 aliphatic carbocycles. The predicted molar refractivity (Wildman–Crippen MR) is 194 cm³/mol. The maximum absolute atomic E-state index is 12.2. The highest BCUT2D eigenvalue weighted by Gasteiger charge is 2.50. The predicted octanol–water partition coefficient (Wildman–Crippen LogP) is 10.5. The van der Waals surface area contributed by atoms with Crippen molar-refractivity contribution in [2.24, 2.45) is 29.1 Å². The average Bonchev–Trinajstić information content (AvgIpc) is 3.34. The number of rotatable bonds is 18. The smallest absolute Gasteiger partial charge is 0.393 e. The summed E-state index contributed by atoms with van der Waals surface area (Å²) in [4.78, 5) is 0. The molecule has 2 N–H and O–H groups in total. The molecule has 3 aliphatic rings. The Morgan fingerprint density at radius 1 is 0.854 bits per heavy atom. The molecule has 48 heavy (non-hydrogen) atoms. The minimum absolute atomic E-state index is 0.157. The fraction of sp³-hybridized carbons (Fsp3) is 0.789. The van der Waals surface area contributed by atoms with E-state index in [2.05, 4.69) is 44.7 Å². The third kappa shape index (κ3) is 12.6. The van der Waals surface area contributed by atoms with Crippen molar-refractivity contribution in [1.82, 2.24) is 0 Å². The van der Waals surface area contributed by atoms with Gasteiger partial charge in [0.25, 0.3) is 0 Å². The van der Waals surface area contributed by atoms with E-state index in [0.717, 1.165) is 43.3 Å². The van der Waals surface area contributed by atoms with Crippen LogP contribution in [0.15, 0.2) is 47.6 Å². The van der Waals surface area contributed by atoms with E-state index >= 15 is 0 Å². The lowest BCUT2D eigenvalue weighted by atomic mass is 9.61. The van der Waals surface area contributed by atoms with Crippen molar-refractivity contribution in [2.75, 3.05) is 0 Å². The van der Waals surface area contributed by atoms with Crippen molar-refractivity contribution in [3.8, 4) is 0 Å². The summed E-state index contributed by atoms with van der Waals surface area (Å²) in [6, 6.07) is 0. The lowest BCUT2D eigenvalue weighted by Gasteiger charge is -2.44. The number of hydrogen-bond acceptors (Lipinski definition) is 8. The van der Waals surface area contributed by atoms with Crippen LogP contribution in [0.5, 0.6) is 0 Å². The van der Waals surface area contributed by atoms with E-state index in [1.165, 1.54) is 31.3 Å². The molecule has 0 saturated heterocycles. The molecular formula is C38H64O8P2+2. The largest absolute Gasteiger partial charge is 0.697 e. The molecule has 3 fully saturated rings. The second kappa shape index (κ2) is 19.5. The third-order valence-corrected chi connectivity index (χ3v) is 12.9. The van der Waals surface area contributed by atoms with E-state index < -0.39 is 28.7 Å². The van der Waals surface area contributed by atoms with Gasteiger partial charge in [-0.1, -0.05) is 50.3 Å². The Bertz CT molecular complexity index is 1150. The molecule has 272 valence electrons. The lowest BCUT2D eigenvalue weighted by Crippen LogP contribution is -2.35. The van der Waals surface area contributed by atoms with Gasteiger partial charge in [0, 0.05) is 15.6 Å². The molecular weight excluding hydrogens is 646 g/mol. The van der Waals surface area contributed by atoms with Crippen LogP contribution in [0.1, 0.15) is 126 Å². The Morgan fingerprint density at radius 2 is 1.44 bits per heavy atom. The highest BCUT2D eigenvalue weighted by molar-refractivity contribution is 7.33. The van der Waals surface area contributed by atoms with Gasteiger partial charge >= 0.3 is 16.5 Å². The second-order valence-corrected chi connectivity index (χ2v) is 17.1. The molecule has 10 atom stereocenters. The molecule has 0 aromatic rings. The molecule has 5 unspecified atom stereocenters. The summed E-state index contributed by atoms with van der Waals surface area (Å²) in [5, 5.41) is 20.5. The number of aliphatic hydroxyl groups is 2. The zero-order chi connectivity index (χ0) is 35.6. The average molecular weight is 711 g/mol. The van der Waals surface area contributed by atoms with Crippen LogP contribution in [0.3, 0.4) is 0 Å². The molecule has 0 aromatic heterocycles. The van der Waals surface area contributed by atoms with Gasteiger partial charge in [0.05, 0.1) is 12.2 Å². The summed E-state index contributed by atoms with van der Waals surface area (Å²) in [6.45, 7) is 20.2. The molecule has 0 bridgehead atoms. The molecule has 3 rings (SSSR count). The third-order valence-electron chi connectivity index (χ3n) is 10.6. The van der Waals surface area contributed by atoms with Crippen LogP contribution in [0, 0.1) is 29.1 Å². The van der Waals surface area contributed by atoms with Crippen LogP contribution in [-0.2, 0) is 27.2 Å². The molecule has 0 aliphatic heterocycles. The summed E-state index contributed by atoms with van der Waals surface area (Å²) in [7, 11) is -4.30. The Morgan fingerprint density at radius 3 is 2.00 bits per heavy atom. The van der Waals surface area contributed by atoms with E-state index in [1.54, 1.807) is 0 Å². The van der Waals surface area contributed by atoms with Crippen LogP contribution >= 0.6 is 16.5 Å². The van der Waals surface area contributed by atoms with Crippen molar-refractivity contribution in [3.63, 3.8) is 0 Å². The Kier molecular flexibility index (Phi) is 16.8. The number of hydrogen-bond donors (Lipinski definition) is 2. The Balaban J connectivity index is 1.68. The van der Waals surface area contributed by atoms with Crippen molar-refractivity contribution in [1.29, 1.82) is 0 Å². The fourth-order valence-corrected chi connectivity index (χ4v) is 9.69. The number of allylic oxidation sites excluding steroid dienone is 5. The molecule has 0 spiro atoms. The first-order chi connectivity index (χ1) is 22.6. The van der Waals surface area contributed by atoms with Gasteiger partial charge in [-0.2, -0.15) is 0 Å². The monoisotopic (exact) mass is 710 g/mol. The summed E-state index contributed by atoms with van der Waals surface area (Å²) in [5.74, 6) is 1.79. The van der Waals surface area contributed by atoms with Crippen molar-refractivity contribution in [3.05, 3.63) is 47.6 Å². The summed E-state index contributed by atoms with van der Waals surface area (Å²) < 4.78 is 46.3. The second-order valence-electron chi connectivity index (χ2n) is 15.4. The van der Waals surface area contributed by atoms with E-state index in [0.29, 0.717) is 30.6 Å². The maximum atomic E-state index is 12.2. The van der Waals surface area contributed by atoms with Gasteiger partial charge in [-0.25, -0.2) is 0 Å². The standard InChI is InChI=1S/C38H64O8P2/c1-25(2)43-47(41)45-28(6)13-16-31(17-14-29(7)46-48(42)44-26(3)4)15-12-27(5)35-20-21-36-32(11-10-22-38(35,36)9)18-19-33-23-34(39)24-37(40)30(33)8/h12,15,18-19,25-29,31,34-37,39-40H,8,10-11,13-14,16-17,20-24H2,1-7,9H3/q+2/b15-12+,32-18+,33-19-/t27-,28?,29?,31?,34-,35-,36?,37+,38-/m1/s1. The molecule has 8 nitrogen and oxygen atoms in total. The van der Waals surface area contributed by atoms with Gasteiger partial charge in [-0.3, -0.25) is 0 Å². The van der Waals surface area contributed by atoms with Gasteiger partial charge < -0.3 is 10.2 Å². The van der Waals surface area contributed by atoms with Crippen LogP contribution in [-0.4, -0.2) is 46.8 Å². The van der Waals surface area contributed by atoms with Crippen LogP contribution in [0.25, 0.3) is 0 Å². The van der Waals surface area contributed by atoms with Gasteiger partial charge in [0.1, 0.15) is 24.4 Å². The molecule has 0 amide bonds. The quantitative estimate of drug-likeness (QED) is 0.107. The van der Waals surface area contributed by atoms with Gasteiger partial charge in [-0.05, 0) is 146 Å². The zero-order valence-corrected chi connectivity index (χ0v) is 32.6. The zero-order valence-electron chi connectivity index (χ0n) is 30.8.